The van der Waals surface area contributed by atoms with Gasteiger partial charge in [0.05, 0.1) is 5.69 Å². The molecule has 0 aliphatic carbocycles. The number of ether oxygens (including phenoxy) is 1. The zero-order valence-electron chi connectivity index (χ0n) is 10.3. The summed E-state index contributed by atoms with van der Waals surface area (Å²) < 4.78 is 20.6. The van der Waals surface area contributed by atoms with E-state index in [4.69, 9.17) is 10.00 Å². The maximum atomic E-state index is 13.4. The van der Waals surface area contributed by atoms with Crippen molar-refractivity contribution >= 4 is 5.65 Å². The SMILES string of the molecule is N#Cc1c(F)cccc1OCc1cccc2ncnn12. The first kappa shape index (κ1) is 12.1. The molecule has 0 aliphatic heterocycles. The van der Waals surface area contributed by atoms with Gasteiger partial charge in [0.25, 0.3) is 0 Å². The van der Waals surface area contributed by atoms with Gasteiger partial charge in [-0.15, -0.1) is 0 Å². The fraction of sp³-hybridized carbons (Fsp3) is 0.0714. The van der Waals surface area contributed by atoms with Gasteiger partial charge in [0.1, 0.15) is 36.1 Å². The van der Waals surface area contributed by atoms with Gasteiger partial charge in [-0.3, -0.25) is 0 Å². The lowest BCUT2D eigenvalue weighted by atomic mass is 10.2. The highest BCUT2D eigenvalue weighted by Gasteiger charge is 2.10. The van der Waals surface area contributed by atoms with E-state index in [2.05, 4.69) is 10.1 Å². The lowest BCUT2D eigenvalue weighted by molar-refractivity contribution is 0.295. The average Bonchev–Trinajstić information content (AvgIpc) is 2.94. The highest BCUT2D eigenvalue weighted by molar-refractivity contribution is 5.44. The van der Waals surface area contributed by atoms with Crippen LogP contribution >= 0.6 is 0 Å². The Morgan fingerprint density at radius 3 is 2.95 bits per heavy atom. The molecule has 1 aromatic carbocycles. The van der Waals surface area contributed by atoms with E-state index in [1.165, 1.54) is 18.5 Å². The van der Waals surface area contributed by atoms with Crippen LogP contribution in [0.4, 0.5) is 4.39 Å². The fourth-order valence-corrected chi connectivity index (χ4v) is 1.90. The lowest BCUT2D eigenvalue weighted by Gasteiger charge is -2.09. The summed E-state index contributed by atoms with van der Waals surface area (Å²) in [6.07, 6.45) is 1.45. The molecule has 0 radical (unpaired) electrons. The molecule has 0 unspecified atom stereocenters. The monoisotopic (exact) mass is 268 g/mol. The van der Waals surface area contributed by atoms with Gasteiger partial charge in [0, 0.05) is 0 Å². The second kappa shape index (κ2) is 4.97. The Hall–Kier alpha value is -2.94. The predicted octanol–water partition coefficient (Wildman–Crippen LogP) is 2.32. The molecular formula is C14H9FN4O. The highest BCUT2D eigenvalue weighted by Crippen LogP contribution is 2.21. The van der Waals surface area contributed by atoms with Gasteiger partial charge in [0.15, 0.2) is 5.65 Å². The minimum absolute atomic E-state index is 0.0988. The van der Waals surface area contributed by atoms with E-state index in [0.717, 1.165) is 5.69 Å². The molecule has 3 aromatic rings. The molecule has 3 rings (SSSR count). The summed E-state index contributed by atoms with van der Waals surface area (Å²) in [5, 5.41) is 13.0. The van der Waals surface area contributed by atoms with Crippen molar-refractivity contribution in [2.75, 3.05) is 0 Å². The van der Waals surface area contributed by atoms with Crippen LogP contribution in [0, 0.1) is 17.1 Å². The van der Waals surface area contributed by atoms with E-state index in [9.17, 15) is 4.39 Å². The van der Waals surface area contributed by atoms with Crippen molar-refractivity contribution in [1.29, 1.82) is 5.26 Å². The van der Waals surface area contributed by atoms with E-state index in [-0.39, 0.29) is 17.9 Å². The zero-order chi connectivity index (χ0) is 13.9. The second-order valence-electron chi connectivity index (χ2n) is 4.06. The minimum Gasteiger partial charge on any atom is -0.486 e. The number of rotatable bonds is 3. The Morgan fingerprint density at radius 2 is 2.10 bits per heavy atom. The Bertz CT molecular complexity index is 806. The summed E-state index contributed by atoms with van der Waals surface area (Å²) in [7, 11) is 0. The molecule has 0 amide bonds. The molecule has 0 fully saturated rings. The van der Waals surface area contributed by atoms with Crippen LogP contribution in [0.5, 0.6) is 5.75 Å². The van der Waals surface area contributed by atoms with Crippen LogP contribution in [0.2, 0.25) is 0 Å². The number of nitriles is 1. The molecule has 0 aliphatic rings. The summed E-state index contributed by atoms with van der Waals surface area (Å²) in [5.41, 5.74) is 1.36. The zero-order valence-corrected chi connectivity index (χ0v) is 10.3. The van der Waals surface area contributed by atoms with Crippen molar-refractivity contribution in [1.82, 2.24) is 14.6 Å². The molecule has 6 heteroatoms. The van der Waals surface area contributed by atoms with Gasteiger partial charge in [-0.05, 0) is 24.3 Å². The number of hydrogen-bond acceptors (Lipinski definition) is 4. The van der Waals surface area contributed by atoms with Crippen LogP contribution < -0.4 is 4.74 Å². The minimum atomic E-state index is -0.594. The van der Waals surface area contributed by atoms with Crippen LogP contribution in [0.1, 0.15) is 11.3 Å². The molecule has 0 bridgehead atoms. The number of fused-ring (bicyclic) bond motifs is 1. The first-order valence-corrected chi connectivity index (χ1v) is 5.88. The largest absolute Gasteiger partial charge is 0.486 e. The smallest absolute Gasteiger partial charge is 0.155 e. The second-order valence-corrected chi connectivity index (χ2v) is 4.06. The maximum Gasteiger partial charge on any atom is 0.155 e. The highest BCUT2D eigenvalue weighted by atomic mass is 19.1. The van der Waals surface area contributed by atoms with Crippen molar-refractivity contribution in [2.45, 2.75) is 6.61 Å². The summed E-state index contributed by atoms with van der Waals surface area (Å²) in [6, 6.07) is 11.6. The molecule has 0 saturated heterocycles. The Kier molecular flexibility index (Phi) is 3.01. The molecule has 0 saturated carbocycles. The molecule has 20 heavy (non-hydrogen) atoms. The quantitative estimate of drug-likeness (QED) is 0.731. The summed E-state index contributed by atoms with van der Waals surface area (Å²) >= 11 is 0. The van der Waals surface area contributed by atoms with Crippen LogP contribution in [0.25, 0.3) is 5.65 Å². The van der Waals surface area contributed by atoms with E-state index < -0.39 is 5.82 Å². The van der Waals surface area contributed by atoms with Gasteiger partial charge in [-0.1, -0.05) is 12.1 Å². The van der Waals surface area contributed by atoms with E-state index >= 15 is 0 Å². The van der Waals surface area contributed by atoms with E-state index in [0.29, 0.717) is 5.65 Å². The summed E-state index contributed by atoms with van der Waals surface area (Å²) in [6.45, 7) is 0.166. The van der Waals surface area contributed by atoms with Gasteiger partial charge in [0.2, 0.25) is 0 Å². The number of aromatic nitrogens is 3. The predicted molar refractivity (Wildman–Crippen MR) is 68.4 cm³/mol. The van der Waals surface area contributed by atoms with Crippen molar-refractivity contribution in [2.24, 2.45) is 0 Å². The molecule has 2 aromatic heterocycles. The Balaban J connectivity index is 1.89. The number of benzene rings is 1. The summed E-state index contributed by atoms with van der Waals surface area (Å²) in [5.74, 6) is -0.381. The number of pyridine rings is 1. The van der Waals surface area contributed by atoms with Crippen LogP contribution in [0.15, 0.2) is 42.7 Å². The van der Waals surface area contributed by atoms with Crippen LogP contribution in [0.3, 0.4) is 0 Å². The first-order valence-electron chi connectivity index (χ1n) is 5.88. The standard InChI is InChI=1S/C14H9FN4O/c15-12-4-2-5-13(11(12)7-16)20-8-10-3-1-6-14-17-9-18-19(10)14/h1-6,9H,8H2. The normalized spacial score (nSPS) is 10.4. The third-order valence-corrected chi connectivity index (χ3v) is 2.84. The van der Waals surface area contributed by atoms with Gasteiger partial charge < -0.3 is 4.74 Å². The molecule has 0 spiro atoms. The average molecular weight is 268 g/mol. The number of halogens is 1. The van der Waals surface area contributed by atoms with Crippen molar-refractivity contribution in [3.8, 4) is 11.8 Å². The van der Waals surface area contributed by atoms with E-state index in [1.807, 2.05) is 18.2 Å². The Morgan fingerprint density at radius 1 is 1.25 bits per heavy atom. The van der Waals surface area contributed by atoms with E-state index in [1.54, 1.807) is 16.7 Å². The molecule has 98 valence electrons. The maximum absolute atomic E-state index is 13.4. The van der Waals surface area contributed by atoms with Crippen LogP contribution in [-0.2, 0) is 6.61 Å². The first-order chi connectivity index (χ1) is 9.79. The third kappa shape index (κ3) is 2.06. The van der Waals surface area contributed by atoms with Crippen molar-refractivity contribution in [3.05, 3.63) is 59.8 Å². The topological polar surface area (TPSA) is 63.2 Å². The molecule has 0 N–H and O–H groups in total. The van der Waals surface area contributed by atoms with Crippen molar-refractivity contribution in [3.63, 3.8) is 0 Å². The molecule has 5 nitrogen and oxygen atoms in total. The summed E-state index contributed by atoms with van der Waals surface area (Å²) in [4.78, 5) is 4.07. The van der Waals surface area contributed by atoms with Crippen molar-refractivity contribution < 1.29 is 9.13 Å². The lowest BCUT2D eigenvalue weighted by Crippen LogP contribution is -2.04. The molecular weight excluding hydrogens is 259 g/mol. The third-order valence-electron chi connectivity index (χ3n) is 2.84. The fourth-order valence-electron chi connectivity index (χ4n) is 1.90. The molecule has 2 heterocycles. The van der Waals surface area contributed by atoms with Crippen LogP contribution in [-0.4, -0.2) is 14.6 Å². The Labute approximate surface area is 113 Å². The number of nitrogens with zero attached hydrogens (tertiary/aromatic N) is 4. The number of hydrogen-bond donors (Lipinski definition) is 0. The molecule has 0 atom stereocenters. The van der Waals surface area contributed by atoms with Gasteiger partial charge in [-0.2, -0.15) is 10.4 Å². The van der Waals surface area contributed by atoms with Gasteiger partial charge >= 0.3 is 0 Å². The van der Waals surface area contributed by atoms with Gasteiger partial charge in [-0.25, -0.2) is 13.9 Å².